The van der Waals surface area contributed by atoms with Crippen LogP contribution in [0.3, 0.4) is 0 Å². The third-order valence-electron chi connectivity index (χ3n) is 3.09. The second-order valence-electron chi connectivity index (χ2n) is 4.51. The lowest BCUT2D eigenvalue weighted by Crippen LogP contribution is -2.46. The van der Waals surface area contributed by atoms with Crippen molar-refractivity contribution in [3.8, 4) is 0 Å². The molecular formula is C12H15BrN2O3S. The van der Waals surface area contributed by atoms with E-state index in [4.69, 9.17) is 5.11 Å². The number of carbonyl (C=O) groups excluding carboxylic acids is 1. The minimum Gasteiger partial charge on any atom is -0.481 e. The summed E-state index contributed by atoms with van der Waals surface area (Å²) in [6.45, 7) is 1.41. The number of piperidine rings is 1. The first-order valence-corrected chi connectivity index (χ1v) is 7.72. The van der Waals surface area contributed by atoms with E-state index in [1.54, 1.807) is 16.2 Å². The molecule has 104 valence electrons. The number of likely N-dealkylation sites (tertiary alicyclic amines) is 1. The smallest absolute Gasteiger partial charge is 0.317 e. The van der Waals surface area contributed by atoms with Crippen molar-refractivity contribution in [2.24, 2.45) is 5.92 Å². The van der Waals surface area contributed by atoms with E-state index in [1.165, 1.54) is 0 Å². The Hall–Kier alpha value is -1.08. The topological polar surface area (TPSA) is 69.6 Å². The number of hydrogen-bond donors (Lipinski definition) is 2. The Bertz CT molecular complexity index is 477. The zero-order valence-corrected chi connectivity index (χ0v) is 12.7. The lowest BCUT2D eigenvalue weighted by Gasteiger charge is -2.30. The summed E-state index contributed by atoms with van der Waals surface area (Å²) < 4.78 is 1.01. The maximum atomic E-state index is 12.0. The molecule has 5 nitrogen and oxygen atoms in total. The zero-order valence-electron chi connectivity index (χ0n) is 10.3. The molecule has 0 aliphatic carbocycles. The number of thiophene rings is 1. The number of aliphatic carboxylic acids is 1. The van der Waals surface area contributed by atoms with Crippen molar-refractivity contribution in [2.75, 3.05) is 13.1 Å². The van der Waals surface area contributed by atoms with Gasteiger partial charge >= 0.3 is 12.0 Å². The van der Waals surface area contributed by atoms with Crippen molar-refractivity contribution in [1.82, 2.24) is 10.2 Å². The number of rotatable bonds is 3. The molecule has 1 aromatic heterocycles. The predicted molar refractivity (Wildman–Crippen MR) is 76.2 cm³/mol. The SMILES string of the molecule is O=C(O)C1CCCN(C(=O)NCc2cc(Br)cs2)C1. The fourth-order valence-electron chi connectivity index (χ4n) is 2.08. The Kier molecular flexibility index (Phi) is 4.81. The van der Waals surface area contributed by atoms with Gasteiger partial charge in [-0.05, 0) is 34.8 Å². The number of nitrogens with one attached hydrogen (secondary N) is 1. The van der Waals surface area contributed by atoms with Crippen LogP contribution in [0, 0.1) is 5.92 Å². The van der Waals surface area contributed by atoms with Gasteiger partial charge in [0.15, 0.2) is 0 Å². The number of urea groups is 1. The molecule has 0 radical (unpaired) electrons. The van der Waals surface area contributed by atoms with Gasteiger partial charge in [0.2, 0.25) is 0 Å². The first-order chi connectivity index (χ1) is 9.06. The van der Waals surface area contributed by atoms with Crippen LogP contribution in [0.5, 0.6) is 0 Å². The van der Waals surface area contributed by atoms with Gasteiger partial charge < -0.3 is 15.3 Å². The third-order valence-corrected chi connectivity index (χ3v) is 4.79. The van der Waals surface area contributed by atoms with Crippen LogP contribution in [-0.2, 0) is 11.3 Å². The highest BCUT2D eigenvalue weighted by atomic mass is 79.9. The van der Waals surface area contributed by atoms with Crippen LogP contribution in [-0.4, -0.2) is 35.1 Å². The van der Waals surface area contributed by atoms with E-state index in [0.29, 0.717) is 26.1 Å². The summed E-state index contributed by atoms with van der Waals surface area (Å²) in [4.78, 5) is 25.6. The Balaban J connectivity index is 1.84. The summed E-state index contributed by atoms with van der Waals surface area (Å²) in [5.41, 5.74) is 0. The molecule has 19 heavy (non-hydrogen) atoms. The normalized spacial score (nSPS) is 19.2. The second-order valence-corrected chi connectivity index (χ2v) is 6.42. The molecule has 2 amide bonds. The first kappa shape index (κ1) is 14.3. The zero-order chi connectivity index (χ0) is 13.8. The van der Waals surface area contributed by atoms with Gasteiger partial charge in [-0.2, -0.15) is 0 Å². The lowest BCUT2D eigenvalue weighted by molar-refractivity contribution is -0.143. The van der Waals surface area contributed by atoms with Crippen molar-refractivity contribution in [2.45, 2.75) is 19.4 Å². The van der Waals surface area contributed by atoms with Crippen molar-refractivity contribution < 1.29 is 14.7 Å². The van der Waals surface area contributed by atoms with Gasteiger partial charge in [-0.15, -0.1) is 11.3 Å². The molecule has 0 saturated carbocycles. The summed E-state index contributed by atoms with van der Waals surface area (Å²) in [5, 5.41) is 13.8. The number of hydrogen-bond acceptors (Lipinski definition) is 3. The Morgan fingerprint density at radius 3 is 3.00 bits per heavy atom. The molecule has 0 aromatic carbocycles. The summed E-state index contributed by atoms with van der Waals surface area (Å²) in [5.74, 6) is -1.25. The summed E-state index contributed by atoms with van der Waals surface area (Å²) in [7, 11) is 0. The van der Waals surface area contributed by atoms with Crippen LogP contribution < -0.4 is 5.32 Å². The van der Waals surface area contributed by atoms with E-state index >= 15 is 0 Å². The van der Waals surface area contributed by atoms with Crippen LogP contribution in [0.15, 0.2) is 15.9 Å². The molecule has 2 heterocycles. The lowest BCUT2D eigenvalue weighted by atomic mass is 9.99. The van der Waals surface area contributed by atoms with E-state index in [9.17, 15) is 9.59 Å². The number of carboxylic acids is 1. The average molecular weight is 347 g/mol. The second kappa shape index (κ2) is 6.38. The quantitative estimate of drug-likeness (QED) is 0.883. The number of amides is 2. The van der Waals surface area contributed by atoms with Crippen LogP contribution >= 0.6 is 27.3 Å². The largest absolute Gasteiger partial charge is 0.481 e. The number of nitrogens with zero attached hydrogens (tertiary/aromatic N) is 1. The Morgan fingerprint density at radius 2 is 2.37 bits per heavy atom. The molecule has 1 aliphatic heterocycles. The highest BCUT2D eigenvalue weighted by Gasteiger charge is 2.27. The standard InChI is InChI=1S/C12H15BrN2O3S/c13-9-4-10(19-7-9)5-14-12(18)15-3-1-2-8(6-15)11(16)17/h4,7-8H,1-3,5-6H2,(H,14,18)(H,16,17). The average Bonchev–Trinajstić information content (AvgIpc) is 2.82. The van der Waals surface area contributed by atoms with E-state index < -0.39 is 11.9 Å². The summed E-state index contributed by atoms with van der Waals surface area (Å²) >= 11 is 4.93. The minimum atomic E-state index is -0.820. The number of carbonyl (C=O) groups is 2. The molecule has 0 spiro atoms. The maximum absolute atomic E-state index is 12.0. The van der Waals surface area contributed by atoms with Crippen LogP contribution in [0.2, 0.25) is 0 Å². The first-order valence-electron chi connectivity index (χ1n) is 6.05. The molecule has 1 atom stereocenters. The van der Waals surface area contributed by atoms with Gasteiger partial charge in [-0.3, -0.25) is 4.79 Å². The maximum Gasteiger partial charge on any atom is 0.317 e. The van der Waals surface area contributed by atoms with Gasteiger partial charge in [-0.25, -0.2) is 4.79 Å². The summed E-state index contributed by atoms with van der Waals surface area (Å²) in [6, 6.07) is 1.77. The minimum absolute atomic E-state index is 0.185. The van der Waals surface area contributed by atoms with Crippen molar-refractivity contribution in [3.05, 3.63) is 20.8 Å². The Labute approximate surface area is 123 Å². The van der Waals surface area contributed by atoms with E-state index in [1.807, 2.05) is 11.4 Å². The molecule has 2 N–H and O–H groups in total. The van der Waals surface area contributed by atoms with Crippen molar-refractivity contribution in [1.29, 1.82) is 0 Å². The van der Waals surface area contributed by atoms with E-state index in [-0.39, 0.29) is 6.03 Å². The van der Waals surface area contributed by atoms with Crippen LogP contribution in [0.4, 0.5) is 4.79 Å². The Morgan fingerprint density at radius 1 is 1.58 bits per heavy atom. The fourth-order valence-corrected chi connectivity index (χ4v) is 3.47. The summed E-state index contributed by atoms with van der Waals surface area (Å²) in [6.07, 6.45) is 1.39. The predicted octanol–water partition coefficient (Wildman–Crippen LogP) is 2.52. The molecule has 1 unspecified atom stereocenters. The molecule has 2 rings (SSSR count). The van der Waals surface area contributed by atoms with Gasteiger partial charge in [0, 0.05) is 27.8 Å². The van der Waals surface area contributed by atoms with Crippen LogP contribution in [0.25, 0.3) is 0 Å². The van der Waals surface area contributed by atoms with Crippen molar-refractivity contribution in [3.63, 3.8) is 0 Å². The van der Waals surface area contributed by atoms with E-state index in [0.717, 1.165) is 15.8 Å². The van der Waals surface area contributed by atoms with Gasteiger partial charge in [0.1, 0.15) is 0 Å². The molecule has 7 heteroatoms. The van der Waals surface area contributed by atoms with E-state index in [2.05, 4.69) is 21.2 Å². The third kappa shape index (κ3) is 3.94. The molecule has 0 bridgehead atoms. The van der Waals surface area contributed by atoms with Crippen LogP contribution in [0.1, 0.15) is 17.7 Å². The molecule has 1 saturated heterocycles. The number of halogens is 1. The molecule has 1 aliphatic rings. The van der Waals surface area contributed by atoms with Gasteiger partial charge in [0.05, 0.1) is 12.5 Å². The number of carboxylic acid groups (broad SMARTS) is 1. The van der Waals surface area contributed by atoms with Gasteiger partial charge in [-0.1, -0.05) is 0 Å². The highest BCUT2D eigenvalue weighted by molar-refractivity contribution is 9.10. The van der Waals surface area contributed by atoms with Gasteiger partial charge in [0.25, 0.3) is 0 Å². The molecule has 1 fully saturated rings. The fraction of sp³-hybridized carbons (Fsp3) is 0.500. The van der Waals surface area contributed by atoms with Crippen molar-refractivity contribution >= 4 is 39.3 Å². The molecule has 1 aromatic rings. The monoisotopic (exact) mass is 346 g/mol. The highest BCUT2D eigenvalue weighted by Crippen LogP contribution is 2.20. The molecular weight excluding hydrogens is 332 g/mol.